The molecule has 1 heterocycles. The van der Waals surface area contributed by atoms with Gasteiger partial charge in [0.15, 0.2) is 0 Å². The largest absolute Gasteiger partial charge is 0.362 e. The van der Waals surface area contributed by atoms with E-state index in [0.29, 0.717) is 22.9 Å². The third kappa shape index (κ3) is 6.24. The molecule has 3 rings (SSSR count). The number of carbonyl (C=O) groups is 2. The van der Waals surface area contributed by atoms with Gasteiger partial charge in [0.25, 0.3) is 0 Å². The second-order valence-electron chi connectivity index (χ2n) is 9.92. The Kier molecular flexibility index (Phi) is 8.28. The Morgan fingerprint density at radius 2 is 1.49 bits per heavy atom. The Bertz CT molecular complexity index is 1090. The van der Waals surface area contributed by atoms with Crippen molar-refractivity contribution in [1.82, 2.24) is 15.5 Å². The summed E-state index contributed by atoms with van der Waals surface area (Å²) in [5.74, 6) is -0.360. The van der Waals surface area contributed by atoms with Crippen LogP contribution >= 0.6 is 24.4 Å². The third-order valence-corrected chi connectivity index (χ3v) is 7.35. The van der Waals surface area contributed by atoms with Gasteiger partial charge in [-0.3, -0.25) is 9.59 Å². The first kappa shape index (κ1) is 26.8. The van der Waals surface area contributed by atoms with E-state index in [1.54, 1.807) is 18.7 Å². The molecule has 0 bridgehead atoms. The van der Waals surface area contributed by atoms with Gasteiger partial charge in [0, 0.05) is 24.8 Å². The zero-order valence-corrected chi connectivity index (χ0v) is 22.6. The van der Waals surface area contributed by atoms with Gasteiger partial charge < -0.3 is 20.4 Å². The Hall–Kier alpha value is -2.84. The number of nitrogens with one attached hydrogen (secondary N) is 2. The third-order valence-electron chi connectivity index (χ3n) is 6.23. The molecule has 186 valence electrons. The molecular weight excluding hydrogens is 476 g/mol. The van der Waals surface area contributed by atoms with Crippen LogP contribution in [-0.4, -0.2) is 57.4 Å². The molecule has 8 heteroatoms. The monoisotopic (exact) mass is 510 g/mol. The van der Waals surface area contributed by atoms with Gasteiger partial charge in [0.1, 0.15) is 21.6 Å². The summed E-state index contributed by atoms with van der Waals surface area (Å²) in [5, 5.41) is 6.28. The second-order valence-corrected chi connectivity index (χ2v) is 10.7. The molecular formula is C27H34N4O2S2. The molecule has 0 aromatic heterocycles. The van der Waals surface area contributed by atoms with E-state index in [-0.39, 0.29) is 11.8 Å². The van der Waals surface area contributed by atoms with Crippen LogP contribution in [0.15, 0.2) is 60.7 Å². The van der Waals surface area contributed by atoms with E-state index >= 15 is 0 Å². The Morgan fingerprint density at radius 3 is 2.09 bits per heavy atom. The van der Waals surface area contributed by atoms with Crippen LogP contribution in [0.1, 0.15) is 46.1 Å². The summed E-state index contributed by atoms with van der Waals surface area (Å²) in [7, 11) is 1.89. The molecule has 6 nitrogen and oxygen atoms in total. The first-order chi connectivity index (χ1) is 16.4. The highest BCUT2D eigenvalue weighted by atomic mass is 32.1. The van der Waals surface area contributed by atoms with Crippen LogP contribution in [0.4, 0.5) is 5.69 Å². The first-order valence-corrected chi connectivity index (χ1v) is 12.6. The van der Waals surface area contributed by atoms with E-state index < -0.39 is 17.1 Å². The normalized spacial score (nSPS) is 15.9. The summed E-state index contributed by atoms with van der Waals surface area (Å²) in [5.41, 5.74) is 0.0436. The molecule has 1 atom stereocenters. The van der Waals surface area contributed by atoms with Gasteiger partial charge in [-0.15, -0.1) is 0 Å². The van der Waals surface area contributed by atoms with Crippen LogP contribution in [0, 0.1) is 0 Å². The number of benzene rings is 2. The van der Waals surface area contributed by atoms with E-state index in [4.69, 9.17) is 24.4 Å². The van der Waals surface area contributed by atoms with Crippen molar-refractivity contribution in [2.45, 2.75) is 57.7 Å². The number of thiocarbonyl (C=S) groups is 2. The number of hydrogen-bond acceptors (Lipinski definition) is 4. The highest BCUT2D eigenvalue weighted by Crippen LogP contribution is 2.24. The van der Waals surface area contributed by atoms with Crippen molar-refractivity contribution in [3.63, 3.8) is 0 Å². The van der Waals surface area contributed by atoms with Crippen molar-refractivity contribution in [2.75, 3.05) is 18.5 Å². The molecule has 1 aliphatic heterocycles. The minimum atomic E-state index is -0.964. The van der Waals surface area contributed by atoms with Crippen LogP contribution in [0.2, 0.25) is 0 Å². The maximum Gasteiger partial charge on any atom is 0.248 e. The average Bonchev–Trinajstić information content (AvgIpc) is 3.33. The molecule has 0 radical (unpaired) electrons. The summed E-state index contributed by atoms with van der Waals surface area (Å²) >= 11 is 11.3. The lowest BCUT2D eigenvalue weighted by Crippen LogP contribution is -2.61. The average molecular weight is 511 g/mol. The van der Waals surface area contributed by atoms with Crippen molar-refractivity contribution >= 4 is 51.9 Å². The molecule has 0 spiro atoms. The molecule has 0 aliphatic carbocycles. The number of likely N-dealkylation sites (N-methyl/N-ethyl adjacent to an activating group) is 1. The quantitative estimate of drug-likeness (QED) is 0.548. The van der Waals surface area contributed by atoms with Gasteiger partial charge in [-0.05, 0) is 52.7 Å². The summed E-state index contributed by atoms with van der Waals surface area (Å²) < 4.78 is 0. The molecule has 1 saturated heterocycles. The Morgan fingerprint density at radius 1 is 0.914 bits per heavy atom. The van der Waals surface area contributed by atoms with Crippen LogP contribution < -0.4 is 15.5 Å². The summed E-state index contributed by atoms with van der Waals surface area (Å²) in [6, 6.07) is 18.7. The molecule has 0 unspecified atom stereocenters. The minimum absolute atomic E-state index is 0.157. The van der Waals surface area contributed by atoms with Crippen LogP contribution in [0.3, 0.4) is 0 Å². The SMILES string of the molecule is CN(C(=S)C(C)(C)NC(=O)[C@@H]1CCCN1C(=O)C(C)(C)NC(=S)c1ccccc1)c1ccccc1. The van der Waals surface area contributed by atoms with Crippen molar-refractivity contribution in [3.8, 4) is 0 Å². The predicted molar refractivity (Wildman–Crippen MR) is 150 cm³/mol. The molecule has 2 N–H and O–H groups in total. The predicted octanol–water partition coefficient (Wildman–Crippen LogP) is 4.08. The fourth-order valence-corrected chi connectivity index (χ4v) is 4.82. The van der Waals surface area contributed by atoms with Crippen LogP contribution in [-0.2, 0) is 9.59 Å². The lowest BCUT2D eigenvalue weighted by molar-refractivity contribution is -0.142. The van der Waals surface area contributed by atoms with Gasteiger partial charge in [-0.25, -0.2) is 0 Å². The topological polar surface area (TPSA) is 64.7 Å². The van der Waals surface area contributed by atoms with Crippen molar-refractivity contribution < 1.29 is 9.59 Å². The fraction of sp³-hybridized carbons (Fsp3) is 0.407. The van der Waals surface area contributed by atoms with E-state index in [1.807, 2.05) is 86.5 Å². The summed E-state index contributed by atoms with van der Waals surface area (Å²) in [6.45, 7) is 7.89. The summed E-state index contributed by atoms with van der Waals surface area (Å²) in [6.07, 6.45) is 1.37. The van der Waals surface area contributed by atoms with Gasteiger partial charge in [-0.1, -0.05) is 73.0 Å². The smallest absolute Gasteiger partial charge is 0.248 e. The van der Waals surface area contributed by atoms with E-state index in [2.05, 4.69) is 10.6 Å². The number of nitrogens with zero attached hydrogens (tertiary/aromatic N) is 2. The first-order valence-electron chi connectivity index (χ1n) is 11.8. The van der Waals surface area contributed by atoms with Crippen LogP contribution in [0.25, 0.3) is 0 Å². The maximum absolute atomic E-state index is 13.5. The molecule has 2 aromatic rings. The minimum Gasteiger partial charge on any atom is -0.362 e. The molecule has 2 aromatic carbocycles. The molecule has 0 saturated carbocycles. The van der Waals surface area contributed by atoms with Crippen molar-refractivity contribution in [2.24, 2.45) is 0 Å². The molecule has 1 aliphatic rings. The number of likely N-dealkylation sites (tertiary alicyclic amines) is 1. The number of rotatable bonds is 7. The lowest BCUT2D eigenvalue weighted by atomic mass is 10.0. The van der Waals surface area contributed by atoms with E-state index in [1.165, 1.54) is 0 Å². The van der Waals surface area contributed by atoms with Gasteiger partial charge in [-0.2, -0.15) is 0 Å². The number of amides is 2. The zero-order valence-electron chi connectivity index (χ0n) is 21.0. The fourth-order valence-electron chi connectivity index (χ4n) is 4.27. The summed E-state index contributed by atoms with van der Waals surface area (Å²) in [4.78, 5) is 31.6. The van der Waals surface area contributed by atoms with Gasteiger partial charge in [0.2, 0.25) is 11.8 Å². The van der Waals surface area contributed by atoms with Gasteiger partial charge in [0.05, 0.1) is 5.54 Å². The van der Waals surface area contributed by atoms with E-state index in [0.717, 1.165) is 17.7 Å². The number of carbonyl (C=O) groups excluding carboxylic acids is 2. The Labute approximate surface area is 219 Å². The molecule has 1 fully saturated rings. The maximum atomic E-state index is 13.5. The molecule has 2 amide bonds. The van der Waals surface area contributed by atoms with Crippen molar-refractivity contribution in [3.05, 3.63) is 66.2 Å². The van der Waals surface area contributed by atoms with Crippen molar-refractivity contribution in [1.29, 1.82) is 0 Å². The lowest BCUT2D eigenvalue weighted by Gasteiger charge is -2.37. The van der Waals surface area contributed by atoms with Gasteiger partial charge >= 0.3 is 0 Å². The second kappa shape index (κ2) is 10.8. The zero-order chi connectivity index (χ0) is 25.8. The molecule has 35 heavy (non-hydrogen) atoms. The highest BCUT2D eigenvalue weighted by Gasteiger charge is 2.42. The standard InChI is InChI=1S/C27H34N4O2S2/c1-26(2,29-23(34)19-13-8-6-9-14-19)24(33)31-18-12-17-21(31)22(32)28-27(3,4)25(35)30(5)20-15-10-7-11-16-20/h6-11,13-16,21H,12,17-18H2,1-5H3,(H,28,32)(H,29,34)/t21-/m0/s1. The highest BCUT2D eigenvalue weighted by molar-refractivity contribution is 7.81. The van der Waals surface area contributed by atoms with Crippen LogP contribution in [0.5, 0.6) is 0 Å². The Balaban J connectivity index is 1.69. The number of para-hydroxylation sites is 1. The number of hydrogen-bond donors (Lipinski definition) is 2. The van der Waals surface area contributed by atoms with E-state index in [9.17, 15) is 9.59 Å². The number of anilines is 1.